The van der Waals surface area contributed by atoms with Gasteiger partial charge in [-0.15, -0.1) is 0 Å². The molecule has 8 aromatic carbocycles. The minimum Gasteiger partial charge on any atom is -0.309 e. The van der Waals surface area contributed by atoms with Crippen LogP contribution in [0.2, 0.25) is 0 Å². The maximum absolute atomic E-state index is 11.0. The van der Waals surface area contributed by atoms with Gasteiger partial charge in [0.25, 0.3) is 0 Å². The van der Waals surface area contributed by atoms with Gasteiger partial charge in [0, 0.05) is 49.1 Å². The number of hydrogen-bond acceptors (Lipinski definition) is 6. The van der Waals surface area contributed by atoms with Crippen LogP contribution >= 0.6 is 0 Å². The second kappa shape index (κ2) is 13.9. The van der Waals surface area contributed by atoms with E-state index in [1.807, 2.05) is 89.5 Å². The fourth-order valence-electron chi connectivity index (χ4n) is 9.26. The van der Waals surface area contributed by atoms with Crippen molar-refractivity contribution in [1.82, 2.24) is 28.7 Å². The lowest BCUT2D eigenvalue weighted by atomic mass is 10.1. The van der Waals surface area contributed by atoms with Gasteiger partial charge in [0.2, 0.25) is 5.95 Å². The molecule has 0 radical (unpaired) electrons. The van der Waals surface area contributed by atoms with Crippen LogP contribution in [0.15, 0.2) is 176 Å². The molecule has 0 saturated heterocycles. The largest absolute Gasteiger partial charge is 0.309 e. The molecule has 4 heterocycles. The highest BCUT2D eigenvalue weighted by molar-refractivity contribution is 6.26. The maximum Gasteiger partial charge on any atom is 0.238 e. The smallest absolute Gasteiger partial charge is 0.238 e. The molecule has 0 atom stereocenters. The monoisotopic (exact) mass is 803 g/mol. The van der Waals surface area contributed by atoms with Gasteiger partial charge in [0.05, 0.1) is 67.6 Å². The van der Waals surface area contributed by atoms with Crippen molar-refractivity contribution in [3.63, 3.8) is 0 Å². The molecule has 0 N–H and O–H groups in total. The van der Waals surface area contributed by atoms with E-state index in [1.54, 1.807) is 12.1 Å². The van der Waals surface area contributed by atoms with Crippen molar-refractivity contribution in [3.8, 4) is 58.3 Å². The van der Waals surface area contributed by atoms with E-state index >= 15 is 0 Å². The summed E-state index contributed by atoms with van der Waals surface area (Å²) in [5.41, 5.74) is 10.4. The van der Waals surface area contributed by atoms with Crippen LogP contribution in [0.4, 0.5) is 0 Å². The minimum absolute atomic E-state index is 0.357. The average Bonchev–Trinajstić information content (AvgIpc) is 3.99. The van der Waals surface area contributed by atoms with Gasteiger partial charge in [-0.1, -0.05) is 91.0 Å². The molecule has 0 unspecified atom stereocenters. The summed E-state index contributed by atoms with van der Waals surface area (Å²) < 4.78 is 6.48. The summed E-state index contributed by atoms with van der Waals surface area (Å²) in [6.45, 7) is 0. The van der Waals surface area contributed by atoms with Crippen molar-refractivity contribution in [2.75, 3.05) is 0 Å². The third-order valence-corrected chi connectivity index (χ3v) is 12.0. The second-order valence-electron chi connectivity index (χ2n) is 15.4. The number of fused-ring (bicyclic) bond motifs is 10. The van der Waals surface area contributed by atoms with Crippen molar-refractivity contribution >= 4 is 65.4 Å². The number of hydrogen-bond donors (Lipinski definition) is 0. The van der Waals surface area contributed by atoms with Gasteiger partial charge < -0.3 is 9.13 Å². The van der Waals surface area contributed by atoms with Gasteiger partial charge in [0.1, 0.15) is 6.07 Å². The Morgan fingerprint density at radius 1 is 0.381 bits per heavy atom. The molecule has 0 aliphatic heterocycles. The molecule has 0 aliphatic rings. The molecular weight excluding hydrogens is 775 g/mol. The highest BCUT2D eigenvalue weighted by Gasteiger charge is 2.23. The summed E-state index contributed by atoms with van der Waals surface area (Å²) in [5, 5.41) is 36.7. The highest BCUT2D eigenvalue weighted by atomic mass is 15.2. The third-order valence-electron chi connectivity index (χ3n) is 12.0. The molecule has 290 valence electrons. The first-order valence-electron chi connectivity index (χ1n) is 20.4. The quantitative estimate of drug-likeness (QED) is 0.171. The Morgan fingerprint density at radius 3 is 1.62 bits per heavy atom. The van der Waals surface area contributed by atoms with E-state index in [4.69, 9.17) is 15.0 Å². The summed E-state index contributed by atoms with van der Waals surface area (Å²) in [5.74, 6) is 1.20. The Labute approximate surface area is 359 Å². The van der Waals surface area contributed by atoms with Crippen LogP contribution in [0.5, 0.6) is 0 Å². The Bertz CT molecular complexity index is 3930. The summed E-state index contributed by atoms with van der Waals surface area (Å²) in [6.07, 6.45) is 0. The first-order chi connectivity index (χ1) is 31.1. The predicted octanol–water partition coefficient (Wildman–Crippen LogP) is 12.1. The number of aromatic nitrogens is 6. The summed E-state index contributed by atoms with van der Waals surface area (Å²) in [4.78, 5) is 15.2. The Kier molecular flexibility index (Phi) is 7.83. The molecule has 0 amide bonds. The molecule has 0 fully saturated rings. The zero-order valence-electron chi connectivity index (χ0n) is 33.3. The number of rotatable bonds is 5. The maximum atomic E-state index is 11.0. The van der Waals surface area contributed by atoms with Gasteiger partial charge in [-0.25, -0.2) is 4.98 Å². The standard InChI is InChI=1S/C54H29N9/c55-30-33-19-23-47-42(27-33)43-28-34(31-56)20-24-48(43)63(47)54-59-52(35-11-3-1-4-12-35)58-53(60-54)36-21-25-44(37(29-36)32-57)62-46-18-10-8-16-41(46)50-49(62)26-22-40-39-15-7-9-17-45(39)61(51(40)50)38-13-5-2-6-14-38/h1-29H. The van der Waals surface area contributed by atoms with E-state index in [-0.39, 0.29) is 0 Å². The SMILES string of the molecule is N#Cc1ccc2c(c1)c1cc(C#N)ccc1n2-c1nc(-c2ccccc2)nc(-c2ccc(-n3c4ccccc4c4c3ccc3c5ccccc5n(-c5ccccc5)c34)c(C#N)c2)n1. The van der Waals surface area contributed by atoms with Crippen LogP contribution in [0.1, 0.15) is 16.7 Å². The normalized spacial score (nSPS) is 11.4. The molecule has 9 nitrogen and oxygen atoms in total. The first-order valence-corrected chi connectivity index (χ1v) is 20.4. The molecular formula is C54H29N9. The van der Waals surface area contributed by atoms with Gasteiger partial charge in [-0.3, -0.25) is 4.57 Å². The van der Waals surface area contributed by atoms with Gasteiger partial charge >= 0.3 is 0 Å². The molecule has 0 spiro atoms. The van der Waals surface area contributed by atoms with E-state index < -0.39 is 0 Å². The predicted molar refractivity (Wildman–Crippen MR) is 248 cm³/mol. The van der Waals surface area contributed by atoms with Gasteiger partial charge in [-0.2, -0.15) is 25.8 Å². The highest BCUT2D eigenvalue weighted by Crippen LogP contribution is 2.43. The molecule has 12 aromatic rings. The van der Waals surface area contributed by atoms with Crippen molar-refractivity contribution in [2.45, 2.75) is 0 Å². The second-order valence-corrected chi connectivity index (χ2v) is 15.4. The van der Waals surface area contributed by atoms with Crippen LogP contribution in [-0.4, -0.2) is 28.7 Å². The van der Waals surface area contributed by atoms with Crippen LogP contribution < -0.4 is 0 Å². The molecule has 0 bridgehead atoms. The van der Waals surface area contributed by atoms with Crippen molar-refractivity contribution < 1.29 is 0 Å². The van der Waals surface area contributed by atoms with Crippen molar-refractivity contribution in [3.05, 3.63) is 193 Å². The number of benzene rings is 8. The minimum atomic E-state index is 0.357. The Balaban J connectivity index is 1.09. The third kappa shape index (κ3) is 5.36. The average molecular weight is 804 g/mol. The summed E-state index contributed by atoms with van der Waals surface area (Å²) >= 11 is 0. The Morgan fingerprint density at radius 2 is 0.952 bits per heavy atom. The number of nitrogens with zero attached hydrogens (tertiary/aromatic N) is 9. The van der Waals surface area contributed by atoms with E-state index in [0.717, 1.165) is 77.0 Å². The fourth-order valence-corrected chi connectivity index (χ4v) is 9.26. The van der Waals surface area contributed by atoms with Crippen LogP contribution in [0, 0.1) is 34.0 Å². The zero-order valence-corrected chi connectivity index (χ0v) is 33.3. The van der Waals surface area contributed by atoms with E-state index in [1.165, 1.54) is 5.39 Å². The fraction of sp³-hybridized carbons (Fsp3) is 0. The van der Waals surface area contributed by atoms with E-state index in [2.05, 4.69) is 106 Å². The van der Waals surface area contributed by atoms with Crippen LogP contribution in [-0.2, 0) is 0 Å². The summed E-state index contributed by atoms with van der Waals surface area (Å²) in [6, 6.07) is 65.2. The molecule has 12 rings (SSSR count). The molecule has 4 aromatic heterocycles. The van der Waals surface area contributed by atoms with Crippen molar-refractivity contribution in [2.24, 2.45) is 0 Å². The lowest BCUT2D eigenvalue weighted by molar-refractivity contribution is 0.953. The van der Waals surface area contributed by atoms with Crippen molar-refractivity contribution in [1.29, 1.82) is 15.8 Å². The van der Waals surface area contributed by atoms with E-state index in [0.29, 0.717) is 39.9 Å². The van der Waals surface area contributed by atoms with Gasteiger partial charge in [-0.05, 0) is 84.9 Å². The van der Waals surface area contributed by atoms with E-state index in [9.17, 15) is 15.8 Å². The van der Waals surface area contributed by atoms with Gasteiger partial charge in [0.15, 0.2) is 11.6 Å². The first kappa shape index (κ1) is 35.6. The zero-order chi connectivity index (χ0) is 42.2. The number of para-hydroxylation sites is 3. The topological polar surface area (TPSA) is 125 Å². The Hall–Kier alpha value is -9.36. The van der Waals surface area contributed by atoms with Crippen LogP contribution in [0.3, 0.4) is 0 Å². The molecule has 63 heavy (non-hydrogen) atoms. The lowest BCUT2D eigenvalue weighted by Gasteiger charge is -2.13. The summed E-state index contributed by atoms with van der Waals surface area (Å²) in [7, 11) is 0. The lowest BCUT2D eigenvalue weighted by Crippen LogP contribution is -2.07. The number of nitriles is 3. The molecule has 0 aliphatic carbocycles. The van der Waals surface area contributed by atoms with Crippen LogP contribution in [0.25, 0.3) is 106 Å². The molecule has 0 saturated carbocycles. The molecule has 9 heteroatoms.